The molecule has 7 heteroatoms. The number of rotatable bonds is 7. The van der Waals surface area contributed by atoms with Crippen LogP contribution in [0.3, 0.4) is 0 Å². The van der Waals surface area contributed by atoms with E-state index < -0.39 is 0 Å². The van der Waals surface area contributed by atoms with Gasteiger partial charge in [-0.1, -0.05) is 61.3 Å². The summed E-state index contributed by atoms with van der Waals surface area (Å²) in [5.41, 5.74) is 2.89. The van der Waals surface area contributed by atoms with Crippen molar-refractivity contribution in [3.63, 3.8) is 0 Å². The number of benzene rings is 3. The van der Waals surface area contributed by atoms with Crippen molar-refractivity contribution in [3.8, 4) is 34.3 Å². The van der Waals surface area contributed by atoms with Gasteiger partial charge in [-0.2, -0.15) is 5.10 Å². The number of H-pyrrole nitrogens is 1. The molecule has 4 rings (SSSR count). The first-order valence-corrected chi connectivity index (χ1v) is 10.9. The van der Waals surface area contributed by atoms with Crippen LogP contribution in [-0.2, 0) is 6.61 Å². The summed E-state index contributed by atoms with van der Waals surface area (Å²) in [6.07, 6.45) is 1.59. The van der Waals surface area contributed by atoms with Crippen LogP contribution in [0.25, 0.3) is 11.3 Å². The summed E-state index contributed by atoms with van der Waals surface area (Å²) < 4.78 is 11.9. The molecule has 0 aliphatic heterocycles. The molecule has 0 bridgehead atoms. The maximum Gasteiger partial charge on any atom is 0.173 e. The molecule has 0 aliphatic rings. The predicted octanol–water partition coefficient (Wildman–Crippen LogP) is 7.58. The third-order valence-corrected chi connectivity index (χ3v) is 5.76. The van der Waals surface area contributed by atoms with Crippen LogP contribution >= 0.6 is 23.2 Å². The normalized spacial score (nSPS) is 11.0. The minimum Gasteiger partial charge on any atom is -0.507 e. The fourth-order valence-corrected chi connectivity index (χ4v) is 3.86. The number of ether oxygens (including phenoxy) is 2. The summed E-state index contributed by atoms with van der Waals surface area (Å²) in [5, 5.41) is 18.7. The molecule has 0 spiro atoms. The fourth-order valence-electron chi connectivity index (χ4n) is 3.35. The molecule has 2 N–H and O–H groups in total. The Kier molecular flexibility index (Phi) is 6.58. The van der Waals surface area contributed by atoms with Crippen LogP contribution in [0, 0.1) is 0 Å². The van der Waals surface area contributed by atoms with E-state index in [-0.39, 0.29) is 12.4 Å². The predicted molar refractivity (Wildman–Crippen MR) is 127 cm³/mol. The summed E-state index contributed by atoms with van der Waals surface area (Å²) in [5.74, 6) is 2.08. The summed E-state index contributed by atoms with van der Waals surface area (Å²) in [4.78, 5) is 0. The van der Waals surface area contributed by atoms with E-state index in [1.165, 1.54) is 6.07 Å². The van der Waals surface area contributed by atoms with Crippen LogP contribution in [-0.4, -0.2) is 15.3 Å². The minimum atomic E-state index is 0.0269. The van der Waals surface area contributed by atoms with Crippen molar-refractivity contribution >= 4 is 23.2 Å². The van der Waals surface area contributed by atoms with E-state index in [0.717, 1.165) is 11.3 Å². The van der Waals surface area contributed by atoms with Crippen molar-refractivity contribution in [2.75, 3.05) is 0 Å². The first-order valence-electron chi connectivity index (χ1n) is 10.1. The average Bonchev–Trinajstić information content (AvgIpc) is 3.21. The van der Waals surface area contributed by atoms with Crippen molar-refractivity contribution in [1.82, 2.24) is 10.2 Å². The SMILES string of the molecule is CC(C)c1ccccc1Oc1cn[nH]c1-c1ccc(OCc2c(Cl)cccc2Cl)cc1O. The molecule has 5 nitrogen and oxygen atoms in total. The second-order valence-corrected chi connectivity index (χ2v) is 8.39. The van der Waals surface area contributed by atoms with Gasteiger partial charge in [-0.05, 0) is 41.8 Å². The van der Waals surface area contributed by atoms with Crippen molar-refractivity contribution in [2.24, 2.45) is 0 Å². The molecular formula is C25H22Cl2N2O3. The van der Waals surface area contributed by atoms with E-state index in [1.807, 2.05) is 24.3 Å². The Morgan fingerprint density at radius 1 is 0.969 bits per heavy atom. The van der Waals surface area contributed by atoms with Gasteiger partial charge >= 0.3 is 0 Å². The Bertz CT molecular complexity index is 1220. The Hall–Kier alpha value is -3.15. The molecule has 0 atom stereocenters. The molecule has 0 unspecified atom stereocenters. The van der Waals surface area contributed by atoms with Crippen molar-refractivity contribution in [1.29, 1.82) is 0 Å². The van der Waals surface area contributed by atoms with E-state index in [4.69, 9.17) is 32.7 Å². The van der Waals surface area contributed by atoms with E-state index in [0.29, 0.717) is 44.3 Å². The molecule has 1 heterocycles. The van der Waals surface area contributed by atoms with Gasteiger partial charge < -0.3 is 14.6 Å². The van der Waals surface area contributed by atoms with E-state index in [1.54, 1.807) is 36.5 Å². The number of aromatic amines is 1. The summed E-state index contributed by atoms with van der Waals surface area (Å²) in [6, 6.07) is 18.2. The second kappa shape index (κ2) is 9.55. The number of hydrogen-bond acceptors (Lipinski definition) is 4. The number of aromatic hydroxyl groups is 1. The quantitative estimate of drug-likeness (QED) is 0.293. The highest BCUT2D eigenvalue weighted by Gasteiger charge is 2.17. The van der Waals surface area contributed by atoms with Crippen LogP contribution in [0.1, 0.15) is 30.9 Å². The molecule has 0 aliphatic carbocycles. The fraction of sp³-hybridized carbons (Fsp3) is 0.160. The van der Waals surface area contributed by atoms with Crippen LogP contribution in [0.2, 0.25) is 10.0 Å². The molecule has 0 amide bonds. The van der Waals surface area contributed by atoms with Crippen LogP contribution < -0.4 is 9.47 Å². The van der Waals surface area contributed by atoms with Gasteiger partial charge in [0.2, 0.25) is 0 Å². The number of para-hydroxylation sites is 1. The van der Waals surface area contributed by atoms with Crippen LogP contribution in [0.4, 0.5) is 0 Å². The molecule has 0 radical (unpaired) electrons. The van der Waals surface area contributed by atoms with Gasteiger partial charge in [-0.15, -0.1) is 0 Å². The molecule has 0 fully saturated rings. The number of aromatic nitrogens is 2. The van der Waals surface area contributed by atoms with Gasteiger partial charge in [-0.25, -0.2) is 0 Å². The minimum absolute atomic E-state index is 0.0269. The number of nitrogens with zero attached hydrogens (tertiary/aromatic N) is 1. The zero-order valence-corrected chi connectivity index (χ0v) is 19.1. The number of phenolic OH excluding ortho intramolecular Hbond substituents is 1. The molecule has 164 valence electrons. The maximum absolute atomic E-state index is 10.7. The Morgan fingerprint density at radius 2 is 1.72 bits per heavy atom. The highest BCUT2D eigenvalue weighted by molar-refractivity contribution is 6.35. The highest BCUT2D eigenvalue weighted by Crippen LogP contribution is 2.39. The zero-order chi connectivity index (χ0) is 22.7. The summed E-state index contributed by atoms with van der Waals surface area (Å²) in [6.45, 7) is 4.40. The zero-order valence-electron chi connectivity index (χ0n) is 17.6. The van der Waals surface area contributed by atoms with E-state index in [9.17, 15) is 5.11 Å². The maximum atomic E-state index is 10.7. The standard InChI is InChI=1S/C25H22Cl2N2O3/c1-15(2)17-6-3-4-9-23(17)32-24-13-28-29-25(24)18-11-10-16(12-22(18)30)31-14-19-20(26)7-5-8-21(19)27/h3-13,15,30H,14H2,1-2H3,(H,28,29). The van der Waals surface area contributed by atoms with Gasteiger partial charge in [0, 0.05) is 27.2 Å². The Morgan fingerprint density at radius 3 is 2.44 bits per heavy atom. The van der Waals surface area contributed by atoms with Gasteiger partial charge in [0.1, 0.15) is 29.5 Å². The topological polar surface area (TPSA) is 67.4 Å². The van der Waals surface area contributed by atoms with Crippen molar-refractivity contribution < 1.29 is 14.6 Å². The second-order valence-electron chi connectivity index (χ2n) is 7.57. The molecule has 1 aromatic heterocycles. The summed E-state index contributed by atoms with van der Waals surface area (Å²) >= 11 is 12.4. The molecule has 32 heavy (non-hydrogen) atoms. The van der Waals surface area contributed by atoms with Gasteiger partial charge in [0.15, 0.2) is 5.75 Å². The van der Waals surface area contributed by atoms with Gasteiger partial charge in [0.05, 0.1) is 6.20 Å². The molecule has 3 aromatic carbocycles. The van der Waals surface area contributed by atoms with Crippen LogP contribution in [0.15, 0.2) is 66.9 Å². The number of phenols is 1. The largest absolute Gasteiger partial charge is 0.507 e. The number of nitrogens with one attached hydrogen (secondary N) is 1. The molecule has 4 aromatic rings. The first-order chi connectivity index (χ1) is 15.4. The van der Waals surface area contributed by atoms with E-state index >= 15 is 0 Å². The number of hydrogen-bond donors (Lipinski definition) is 2. The average molecular weight is 469 g/mol. The van der Waals surface area contributed by atoms with Crippen molar-refractivity contribution in [3.05, 3.63) is 88.0 Å². The van der Waals surface area contributed by atoms with Crippen LogP contribution in [0.5, 0.6) is 23.0 Å². The Balaban J connectivity index is 1.56. The highest BCUT2D eigenvalue weighted by atomic mass is 35.5. The van der Waals surface area contributed by atoms with Gasteiger partial charge in [-0.3, -0.25) is 5.10 Å². The summed E-state index contributed by atoms with van der Waals surface area (Å²) in [7, 11) is 0. The van der Waals surface area contributed by atoms with Gasteiger partial charge in [0.25, 0.3) is 0 Å². The molecule has 0 saturated carbocycles. The third-order valence-electron chi connectivity index (χ3n) is 5.05. The third kappa shape index (κ3) is 4.69. The first kappa shape index (κ1) is 22.1. The molecule has 0 saturated heterocycles. The lowest BCUT2D eigenvalue weighted by Gasteiger charge is -2.14. The Labute approximate surface area is 196 Å². The molecular weight excluding hydrogens is 447 g/mol. The lowest BCUT2D eigenvalue weighted by atomic mass is 10.0. The smallest absolute Gasteiger partial charge is 0.173 e. The van der Waals surface area contributed by atoms with E-state index in [2.05, 4.69) is 24.0 Å². The monoisotopic (exact) mass is 468 g/mol. The number of halogens is 2. The lowest BCUT2D eigenvalue weighted by Crippen LogP contribution is -1.97. The van der Waals surface area contributed by atoms with Crippen molar-refractivity contribution in [2.45, 2.75) is 26.4 Å². The lowest BCUT2D eigenvalue weighted by molar-refractivity contribution is 0.304.